The van der Waals surface area contributed by atoms with E-state index in [0.29, 0.717) is 24.4 Å². The molecule has 0 aliphatic heterocycles. The van der Waals surface area contributed by atoms with Crippen molar-refractivity contribution < 1.29 is 4.79 Å². The molecule has 0 saturated heterocycles. The van der Waals surface area contributed by atoms with Crippen molar-refractivity contribution in [1.29, 1.82) is 0 Å². The molecule has 0 radical (unpaired) electrons. The zero-order valence-electron chi connectivity index (χ0n) is 10.8. The van der Waals surface area contributed by atoms with Crippen LogP contribution in [0.1, 0.15) is 9.67 Å². The van der Waals surface area contributed by atoms with Gasteiger partial charge < -0.3 is 0 Å². The smallest absolute Gasteiger partial charge is 0.267 e. The van der Waals surface area contributed by atoms with Gasteiger partial charge in [-0.1, -0.05) is 40.9 Å². The summed E-state index contributed by atoms with van der Waals surface area (Å²) in [5.41, 5.74) is 1.56. The Balaban J connectivity index is 1.78. The number of aromatic nitrogens is 1. The highest BCUT2D eigenvalue weighted by Gasteiger charge is 2.12. The van der Waals surface area contributed by atoms with E-state index in [1.165, 1.54) is 22.7 Å². The number of nitrogens with one attached hydrogen (secondary N) is 1. The SMILES string of the molecule is O=C(Nc1nc(-c2ccc(Cl)c(Cl)c2)cs1)c1ccc(Cl)s1. The van der Waals surface area contributed by atoms with E-state index in [1.54, 1.807) is 24.3 Å². The van der Waals surface area contributed by atoms with Crippen LogP contribution in [-0.4, -0.2) is 10.9 Å². The first kappa shape index (κ1) is 15.8. The predicted octanol–water partition coefficient (Wildman–Crippen LogP) is 6.08. The summed E-state index contributed by atoms with van der Waals surface area (Å²) >= 11 is 20.3. The summed E-state index contributed by atoms with van der Waals surface area (Å²) in [5, 5.41) is 6.06. The topological polar surface area (TPSA) is 42.0 Å². The highest BCUT2D eigenvalue weighted by molar-refractivity contribution is 7.18. The number of nitrogens with zero attached hydrogens (tertiary/aromatic N) is 1. The van der Waals surface area contributed by atoms with Crippen LogP contribution in [0.5, 0.6) is 0 Å². The Morgan fingerprint density at radius 2 is 1.91 bits per heavy atom. The molecule has 0 bridgehead atoms. The maximum atomic E-state index is 12.0. The van der Waals surface area contributed by atoms with Crippen molar-refractivity contribution in [3.05, 3.63) is 55.0 Å². The Labute approximate surface area is 149 Å². The fourth-order valence-corrected chi connectivity index (χ4v) is 3.67. The van der Waals surface area contributed by atoms with E-state index in [1.807, 2.05) is 11.4 Å². The van der Waals surface area contributed by atoms with E-state index >= 15 is 0 Å². The second-order valence-corrected chi connectivity index (χ2v) is 7.61. The van der Waals surface area contributed by atoms with Crippen molar-refractivity contribution in [2.75, 3.05) is 5.32 Å². The molecular weight excluding hydrogens is 383 g/mol. The third kappa shape index (κ3) is 3.45. The molecule has 0 aliphatic carbocycles. The second-order valence-electron chi connectivity index (χ2n) is 4.22. The average molecular weight is 390 g/mol. The lowest BCUT2D eigenvalue weighted by Gasteiger charge is -2.00. The molecule has 0 atom stereocenters. The Bertz CT molecular complexity index is 844. The van der Waals surface area contributed by atoms with Crippen LogP contribution in [0.2, 0.25) is 14.4 Å². The summed E-state index contributed by atoms with van der Waals surface area (Å²) in [5.74, 6) is -0.230. The van der Waals surface area contributed by atoms with E-state index in [4.69, 9.17) is 34.8 Å². The highest BCUT2D eigenvalue weighted by Crippen LogP contribution is 2.31. The average Bonchev–Trinajstić information content (AvgIpc) is 3.11. The van der Waals surface area contributed by atoms with Crippen LogP contribution in [-0.2, 0) is 0 Å². The molecule has 1 N–H and O–H groups in total. The molecule has 22 heavy (non-hydrogen) atoms. The zero-order chi connectivity index (χ0) is 15.7. The van der Waals surface area contributed by atoms with Gasteiger partial charge in [-0.25, -0.2) is 4.98 Å². The third-order valence-corrected chi connectivity index (χ3v) is 5.46. The van der Waals surface area contributed by atoms with Gasteiger partial charge in [0.1, 0.15) is 0 Å². The summed E-state index contributed by atoms with van der Waals surface area (Å²) < 4.78 is 0.570. The van der Waals surface area contributed by atoms with Gasteiger partial charge in [-0.2, -0.15) is 0 Å². The second kappa shape index (κ2) is 6.56. The molecule has 3 rings (SSSR count). The molecule has 1 amide bonds. The lowest BCUT2D eigenvalue weighted by atomic mass is 10.2. The van der Waals surface area contributed by atoms with Gasteiger partial charge in [0.25, 0.3) is 5.91 Å². The Morgan fingerprint density at radius 1 is 1.09 bits per heavy atom. The minimum atomic E-state index is -0.230. The van der Waals surface area contributed by atoms with Gasteiger partial charge in [0.15, 0.2) is 5.13 Å². The molecule has 1 aromatic carbocycles. The number of carbonyl (C=O) groups excluding carboxylic acids is 1. The minimum absolute atomic E-state index is 0.230. The summed E-state index contributed by atoms with van der Waals surface area (Å²) in [6, 6.07) is 8.64. The maximum Gasteiger partial charge on any atom is 0.267 e. The molecule has 0 saturated carbocycles. The lowest BCUT2D eigenvalue weighted by molar-refractivity contribution is 0.103. The van der Waals surface area contributed by atoms with E-state index in [-0.39, 0.29) is 5.91 Å². The first-order valence-corrected chi connectivity index (χ1v) is 8.83. The van der Waals surface area contributed by atoms with Gasteiger partial charge in [0, 0.05) is 10.9 Å². The van der Waals surface area contributed by atoms with Gasteiger partial charge in [0.2, 0.25) is 0 Å². The lowest BCUT2D eigenvalue weighted by Crippen LogP contribution is -2.09. The molecule has 3 nitrogen and oxygen atoms in total. The van der Waals surface area contributed by atoms with Crippen LogP contribution in [0.4, 0.5) is 5.13 Å². The fourth-order valence-electron chi connectivity index (χ4n) is 1.71. The summed E-state index contributed by atoms with van der Waals surface area (Å²) in [6.45, 7) is 0. The predicted molar refractivity (Wildman–Crippen MR) is 94.9 cm³/mol. The quantitative estimate of drug-likeness (QED) is 0.589. The Hall–Kier alpha value is -1.11. The van der Waals surface area contributed by atoms with Gasteiger partial charge in [0.05, 0.1) is 25.0 Å². The number of anilines is 1. The van der Waals surface area contributed by atoms with Gasteiger partial charge in [-0.15, -0.1) is 22.7 Å². The third-order valence-electron chi connectivity index (χ3n) is 2.74. The molecule has 3 aromatic rings. The number of rotatable bonds is 3. The van der Waals surface area contributed by atoms with E-state index in [0.717, 1.165) is 11.3 Å². The number of hydrogen-bond donors (Lipinski definition) is 1. The summed E-state index contributed by atoms with van der Waals surface area (Å²) in [6.07, 6.45) is 0. The summed E-state index contributed by atoms with van der Waals surface area (Å²) in [7, 11) is 0. The number of halogens is 3. The zero-order valence-corrected chi connectivity index (χ0v) is 14.7. The molecule has 2 heterocycles. The van der Waals surface area contributed by atoms with Crippen LogP contribution < -0.4 is 5.32 Å². The van der Waals surface area contributed by atoms with Crippen LogP contribution in [0.15, 0.2) is 35.7 Å². The van der Waals surface area contributed by atoms with Crippen molar-refractivity contribution in [3.8, 4) is 11.3 Å². The molecular formula is C14H7Cl3N2OS2. The van der Waals surface area contributed by atoms with Crippen molar-refractivity contribution in [2.45, 2.75) is 0 Å². The van der Waals surface area contributed by atoms with E-state index in [9.17, 15) is 4.79 Å². The number of amides is 1. The van der Waals surface area contributed by atoms with E-state index in [2.05, 4.69) is 10.3 Å². The van der Waals surface area contributed by atoms with Crippen LogP contribution in [0.25, 0.3) is 11.3 Å². The standard InChI is InChI=1S/C14H7Cl3N2OS2/c15-8-2-1-7(5-9(8)16)10-6-21-14(18-10)19-13(20)11-3-4-12(17)22-11/h1-6H,(H,18,19,20). The van der Waals surface area contributed by atoms with Crippen LogP contribution >= 0.6 is 57.5 Å². The molecule has 8 heteroatoms. The van der Waals surface area contributed by atoms with Crippen molar-refractivity contribution in [1.82, 2.24) is 4.98 Å². The van der Waals surface area contributed by atoms with Crippen LogP contribution in [0, 0.1) is 0 Å². The number of benzene rings is 1. The van der Waals surface area contributed by atoms with Crippen LogP contribution in [0.3, 0.4) is 0 Å². The van der Waals surface area contributed by atoms with Crippen molar-refractivity contribution in [2.24, 2.45) is 0 Å². The monoisotopic (exact) mass is 388 g/mol. The molecule has 0 aliphatic rings. The number of thiazole rings is 1. The molecule has 2 aromatic heterocycles. The first-order chi connectivity index (χ1) is 10.5. The van der Waals surface area contributed by atoms with Gasteiger partial charge in [-0.3, -0.25) is 10.1 Å². The largest absolute Gasteiger partial charge is 0.297 e. The molecule has 112 valence electrons. The van der Waals surface area contributed by atoms with E-state index < -0.39 is 0 Å². The number of carbonyl (C=O) groups is 1. The fraction of sp³-hybridized carbons (Fsp3) is 0. The van der Waals surface area contributed by atoms with Crippen molar-refractivity contribution in [3.63, 3.8) is 0 Å². The van der Waals surface area contributed by atoms with Crippen molar-refractivity contribution >= 4 is 68.5 Å². The Kier molecular flexibility index (Phi) is 4.70. The molecule has 0 unspecified atom stereocenters. The molecule has 0 spiro atoms. The number of thiophene rings is 1. The minimum Gasteiger partial charge on any atom is -0.297 e. The highest BCUT2D eigenvalue weighted by atomic mass is 35.5. The van der Waals surface area contributed by atoms with Gasteiger partial charge >= 0.3 is 0 Å². The van der Waals surface area contributed by atoms with Gasteiger partial charge in [-0.05, 0) is 24.3 Å². The Morgan fingerprint density at radius 3 is 2.59 bits per heavy atom. The number of hydrogen-bond acceptors (Lipinski definition) is 4. The summed E-state index contributed by atoms with van der Waals surface area (Å²) in [4.78, 5) is 17.0. The first-order valence-electron chi connectivity index (χ1n) is 6.00. The molecule has 0 fully saturated rings. The maximum absolute atomic E-state index is 12.0. The normalized spacial score (nSPS) is 10.7.